The molecule has 1 fully saturated rings. The van der Waals surface area contributed by atoms with Crippen molar-refractivity contribution in [2.45, 2.75) is 63.8 Å². The van der Waals surface area contributed by atoms with Crippen LogP contribution in [0.1, 0.15) is 57.8 Å². The number of hydrogen-bond acceptors (Lipinski definition) is 4. The normalized spacial score (nSPS) is 21.4. The van der Waals surface area contributed by atoms with Crippen molar-refractivity contribution in [3.05, 3.63) is 0 Å². The van der Waals surface area contributed by atoms with Crippen LogP contribution in [0.4, 0.5) is 0 Å². The number of aliphatic imine (C=N–C) groups is 1. The van der Waals surface area contributed by atoms with Gasteiger partial charge in [-0.05, 0) is 18.8 Å². The van der Waals surface area contributed by atoms with Crippen LogP contribution in [0.15, 0.2) is 4.99 Å². The highest BCUT2D eigenvalue weighted by atomic mass is 32.1. The third-order valence-electron chi connectivity index (χ3n) is 3.89. The third-order valence-corrected chi connectivity index (χ3v) is 4.27. The van der Waals surface area contributed by atoms with E-state index < -0.39 is 0 Å². The van der Waals surface area contributed by atoms with E-state index >= 15 is 0 Å². The molecule has 3 N–H and O–H groups in total. The molecule has 0 saturated heterocycles. The Morgan fingerprint density at radius 1 is 1.11 bits per heavy atom. The second-order valence-corrected chi connectivity index (χ2v) is 5.68. The Kier molecular flexibility index (Phi) is 10.2. The van der Waals surface area contributed by atoms with Gasteiger partial charge in [0.05, 0.1) is 12.4 Å². The van der Waals surface area contributed by atoms with Gasteiger partial charge >= 0.3 is 0 Å². The predicted molar refractivity (Wildman–Crippen MR) is 84.5 cm³/mol. The second-order valence-electron chi connectivity index (χ2n) is 5.32. The Morgan fingerprint density at radius 3 is 2.21 bits per heavy atom. The van der Waals surface area contributed by atoms with Crippen LogP contribution in [0.25, 0.3) is 0 Å². The average Bonchev–Trinajstić information content (AvgIpc) is 2.45. The Labute approximate surface area is 122 Å². The summed E-state index contributed by atoms with van der Waals surface area (Å²) in [5.41, 5.74) is 5.37. The highest BCUT2D eigenvalue weighted by Crippen LogP contribution is 2.26. The summed E-state index contributed by atoms with van der Waals surface area (Å²) in [5, 5.41) is 8.61. The van der Waals surface area contributed by atoms with Crippen molar-refractivity contribution < 1.29 is 5.11 Å². The van der Waals surface area contributed by atoms with Gasteiger partial charge in [0.2, 0.25) is 0 Å². The molecule has 1 atom stereocenters. The average molecular weight is 287 g/mol. The molecule has 0 aliphatic heterocycles. The van der Waals surface area contributed by atoms with Gasteiger partial charge in [-0.15, -0.1) is 0 Å². The van der Waals surface area contributed by atoms with Crippen LogP contribution in [0.3, 0.4) is 0 Å². The van der Waals surface area contributed by atoms with E-state index in [0.29, 0.717) is 5.92 Å². The first-order chi connectivity index (χ1) is 9.38. The summed E-state index contributed by atoms with van der Waals surface area (Å²) in [6.45, 7) is -0.0962. The van der Waals surface area contributed by atoms with Crippen LogP contribution in [0, 0.1) is 5.92 Å². The number of thiol groups is 1. The smallest absolute Gasteiger partial charge is 0.110 e. The van der Waals surface area contributed by atoms with E-state index in [4.69, 9.17) is 5.11 Å². The fraction of sp³-hybridized carbons (Fsp3) is 0.929. The van der Waals surface area contributed by atoms with Crippen LogP contribution in [0.5, 0.6) is 0 Å². The summed E-state index contributed by atoms with van der Waals surface area (Å²) in [6.07, 6.45) is 13.8. The van der Waals surface area contributed by atoms with E-state index in [2.05, 4.69) is 28.5 Å². The lowest BCUT2D eigenvalue weighted by molar-refractivity contribution is 0.252. The molecule has 0 spiro atoms. The summed E-state index contributed by atoms with van der Waals surface area (Å²) >= 11 is 4.45. The van der Waals surface area contributed by atoms with E-state index in [1.54, 1.807) is 6.34 Å². The zero-order valence-electron chi connectivity index (χ0n) is 11.9. The van der Waals surface area contributed by atoms with Crippen molar-refractivity contribution in [2.24, 2.45) is 10.9 Å². The van der Waals surface area contributed by atoms with Crippen LogP contribution in [-0.2, 0) is 0 Å². The van der Waals surface area contributed by atoms with Gasteiger partial charge in [0.25, 0.3) is 0 Å². The van der Waals surface area contributed by atoms with Crippen molar-refractivity contribution in [1.82, 2.24) is 10.9 Å². The number of nitrogens with zero attached hydrogens (tertiary/aromatic N) is 1. The minimum absolute atomic E-state index is 0.0962. The quantitative estimate of drug-likeness (QED) is 0.152. The van der Waals surface area contributed by atoms with Crippen molar-refractivity contribution in [2.75, 3.05) is 12.5 Å². The molecule has 4 nitrogen and oxygen atoms in total. The van der Waals surface area contributed by atoms with Gasteiger partial charge < -0.3 is 10.5 Å². The molecule has 112 valence electrons. The third kappa shape index (κ3) is 7.80. The molecule has 1 unspecified atom stereocenters. The van der Waals surface area contributed by atoms with Gasteiger partial charge in [-0.3, -0.25) is 4.99 Å². The second kappa shape index (κ2) is 11.6. The van der Waals surface area contributed by atoms with E-state index in [0.717, 1.165) is 5.75 Å². The first-order valence-corrected chi connectivity index (χ1v) is 8.23. The lowest BCUT2D eigenvalue weighted by Gasteiger charge is -2.24. The fourth-order valence-electron chi connectivity index (χ4n) is 2.77. The molecule has 0 heterocycles. The molecule has 1 rings (SSSR count). The molecule has 1 aliphatic rings. The zero-order chi connectivity index (χ0) is 13.8. The van der Waals surface area contributed by atoms with Crippen LogP contribution < -0.4 is 10.9 Å². The Balaban J connectivity index is 2.42. The molecule has 1 saturated carbocycles. The summed E-state index contributed by atoms with van der Waals surface area (Å²) in [5.74, 6) is 1.45. The van der Waals surface area contributed by atoms with Crippen LogP contribution in [0.2, 0.25) is 0 Å². The maximum atomic E-state index is 8.61. The summed E-state index contributed by atoms with van der Waals surface area (Å²) in [6, 6.07) is 0.288. The number of nitrogens with one attached hydrogen (secondary N) is 2. The van der Waals surface area contributed by atoms with Crippen molar-refractivity contribution in [1.29, 1.82) is 0 Å². The molecule has 1 aliphatic carbocycles. The highest BCUT2D eigenvalue weighted by Gasteiger charge is 2.19. The van der Waals surface area contributed by atoms with Gasteiger partial charge in [0, 0.05) is 5.75 Å². The molecule has 0 amide bonds. The largest absolute Gasteiger partial charge is 0.380 e. The molecule has 19 heavy (non-hydrogen) atoms. The molecule has 0 aromatic rings. The van der Waals surface area contributed by atoms with E-state index in [-0.39, 0.29) is 12.8 Å². The number of rotatable bonds is 6. The van der Waals surface area contributed by atoms with Gasteiger partial charge in [-0.25, -0.2) is 5.43 Å². The topological polar surface area (TPSA) is 56.6 Å². The molecule has 0 radical (unpaired) electrons. The molecule has 0 aromatic carbocycles. The predicted octanol–water partition coefficient (Wildman–Crippen LogP) is 2.50. The lowest BCUT2D eigenvalue weighted by Crippen LogP contribution is -2.32. The fourth-order valence-corrected chi connectivity index (χ4v) is 3.16. The van der Waals surface area contributed by atoms with Gasteiger partial charge in [-0.1, -0.05) is 44.9 Å². The van der Waals surface area contributed by atoms with Gasteiger partial charge in [-0.2, -0.15) is 12.6 Å². The highest BCUT2D eigenvalue weighted by molar-refractivity contribution is 7.80. The summed E-state index contributed by atoms with van der Waals surface area (Å²) in [4.78, 5) is 4.54. The molecule has 0 aromatic heterocycles. The zero-order valence-corrected chi connectivity index (χ0v) is 12.7. The van der Waals surface area contributed by atoms with Gasteiger partial charge in [0.1, 0.15) is 6.73 Å². The molecule has 5 heteroatoms. The number of aliphatic hydroxyl groups excluding tert-OH is 1. The molecular formula is C14H29N3OS. The number of aliphatic hydroxyl groups is 1. The van der Waals surface area contributed by atoms with E-state index in [9.17, 15) is 0 Å². The van der Waals surface area contributed by atoms with Crippen molar-refractivity contribution in [3.63, 3.8) is 0 Å². The summed E-state index contributed by atoms with van der Waals surface area (Å²) < 4.78 is 0. The van der Waals surface area contributed by atoms with Crippen molar-refractivity contribution >= 4 is 19.0 Å². The monoisotopic (exact) mass is 287 g/mol. The first-order valence-electron chi connectivity index (χ1n) is 7.60. The molecule has 0 bridgehead atoms. The van der Waals surface area contributed by atoms with Crippen LogP contribution in [-0.4, -0.2) is 30.0 Å². The minimum Gasteiger partial charge on any atom is -0.380 e. The van der Waals surface area contributed by atoms with E-state index in [1.165, 1.54) is 57.8 Å². The first kappa shape index (κ1) is 16.8. The standard InChI is InChI=1S/C14H29N3OS/c18-12-17-16-11-15-14(10-19)13-8-6-4-2-1-3-5-7-9-13/h11,13-14,17-19H,1-10,12H2,(H,15,16). The maximum Gasteiger partial charge on any atom is 0.110 e. The van der Waals surface area contributed by atoms with E-state index in [1.807, 2.05) is 0 Å². The SMILES string of the molecule is OCNNC=NC(CS)C1CCCCCCCCC1. The number of hydrazine groups is 1. The minimum atomic E-state index is -0.0962. The van der Waals surface area contributed by atoms with Crippen molar-refractivity contribution in [3.8, 4) is 0 Å². The Hall–Kier alpha value is -0.260. The van der Waals surface area contributed by atoms with Gasteiger partial charge in [0.15, 0.2) is 0 Å². The Morgan fingerprint density at radius 2 is 1.68 bits per heavy atom. The summed E-state index contributed by atoms with van der Waals surface area (Å²) in [7, 11) is 0. The Bertz CT molecular complexity index is 229. The van der Waals surface area contributed by atoms with Crippen LogP contribution >= 0.6 is 12.6 Å². The maximum absolute atomic E-state index is 8.61. The number of hydrogen-bond donors (Lipinski definition) is 4. The molecular weight excluding hydrogens is 258 g/mol. The lowest BCUT2D eigenvalue weighted by atomic mass is 9.88.